The zero-order valence-electron chi connectivity index (χ0n) is 10.1. The van der Waals surface area contributed by atoms with E-state index in [0.717, 1.165) is 39.3 Å². The van der Waals surface area contributed by atoms with Gasteiger partial charge in [-0.3, -0.25) is 0 Å². The number of nitrogens with zero attached hydrogens (tertiary/aromatic N) is 4. The van der Waals surface area contributed by atoms with E-state index >= 15 is 0 Å². The molecule has 18 heavy (non-hydrogen) atoms. The van der Waals surface area contributed by atoms with Crippen molar-refractivity contribution in [3.63, 3.8) is 0 Å². The molecule has 10 heteroatoms. The Labute approximate surface area is 128 Å². The van der Waals surface area contributed by atoms with Crippen LogP contribution in [0.1, 0.15) is 12.8 Å². The van der Waals surface area contributed by atoms with Gasteiger partial charge in [0.05, 0.1) is 0 Å². The Balaban J connectivity index is 0.00000144. The molecule has 0 saturated heterocycles. The third-order valence-electron chi connectivity index (χ3n) is 2.69. The van der Waals surface area contributed by atoms with E-state index in [4.69, 9.17) is 11.7 Å². The van der Waals surface area contributed by atoms with Crippen molar-refractivity contribution in [1.29, 1.82) is 0 Å². The molecule has 0 bridgehead atoms. The van der Waals surface area contributed by atoms with Crippen molar-refractivity contribution < 1.29 is 44.0 Å². The average Bonchev–Trinajstić information content (AvgIpc) is 2.83. The maximum Gasteiger partial charge on any atom is 0.191 e. The van der Waals surface area contributed by atoms with Crippen molar-refractivity contribution in [2.75, 3.05) is 26.4 Å². The predicted octanol–water partition coefficient (Wildman–Crippen LogP) is -10.3. The molecule has 0 spiro atoms. The van der Waals surface area contributed by atoms with E-state index in [2.05, 4.69) is 10.2 Å². The van der Waals surface area contributed by atoms with E-state index in [-0.39, 0.29) is 34.0 Å². The van der Waals surface area contributed by atoms with E-state index in [1.54, 1.807) is 22.7 Å². The number of quaternary nitrogens is 2. The molecule has 2 unspecified atom stereocenters. The highest BCUT2D eigenvalue weighted by Gasteiger charge is 2.18. The van der Waals surface area contributed by atoms with E-state index < -0.39 is 0 Å². The zero-order chi connectivity index (χ0) is 11.4. The van der Waals surface area contributed by atoms with Gasteiger partial charge in [0.15, 0.2) is 26.0 Å². The molecular formula is C8H20Br2N8. The van der Waals surface area contributed by atoms with Crippen LogP contribution in [-0.2, 0) is 0 Å². The highest BCUT2D eigenvalue weighted by Crippen LogP contribution is 1.83. The molecular weight excluding hydrogens is 368 g/mol. The number of nitrogens with one attached hydrogen (secondary N) is 2. The molecule has 2 aliphatic heterocycles. The fraction of sp³-hybridized carbons (Fsp3) is 0.750. The van der Waals surface area contributed by atoms with Crippen molar-refractivity contribution in [1.82, 2.24) is 10.0 Å². The highest BCUT2D eigenvalue weighted by atomic mass is 79.9. The monoisotopic (exact) mass is 386 g/mol. The lowest BCUT2D eigenvalue weighted by Crippen LogP contribution is -3.08. The lowest BCUT2D eigenvalue weighted by Gasteiger charge is -2.11. The molecule has 0 amide bonds. The SMILES string of the molecule is NN1C=N[NH+](CCCC[NH+]2CN(N)C=N2)C1.[Br-].[Br-]. The normalized spacial score (nSPS) is 25.2. The summed E-state index contributed by atoms with van der Waals surface area (Å²) in [6, 6.07) is 0. The Hall–Kier alpha value is -0.260. The summed E-state index contributed by atoms with van der Waals surface area (Å²) in [6.45, 7) is 3.58. The van der Waals surface area contributed by atoms with Crippen molar-refractivity contribution in [2.24, 2.45) is 21.9 Å². The first-order valence-electron chi connectivity index (χ1n) is 5.54. The molecule has 2 atom stereocenters. The van der Waals surface area contributed by atoms with Gasteiger partial charge in [0.2, 0.25) is 0 Å². The molecule has 6 N–H and O–H groups in total. The molecule has 0 radical (unpaired) electrons. The maximum absolute atomic E-state index is 5.56. The third kappa shape index (κ3) is 5.59. The number of rotatable bonds is 5. The molecule has 0 aromatic carbocycles. The van der Waals surface area contributed by atoms with E-state index in [1.807, 2.05) is 0 Å². The molecule has 106 valence electrons. The summed E-state index contributed by atoms with van der Waals surface area (Å²) in [4.78, 5) is 0. The summed E-state index contributed by atoms with van der Waals surface area (Å²) in [6.07, 6.45) is 5.61. The van der Waals surface area contributed by atoms with Crippen LogP contribution < -0.4 is 55.7 Å². The zero-order valence-corrected chi connectivity index (χ0v) is 13.3. The fourth-order valence-corrected chi connectivity index (χ4v) is 1.84. The van der Waals surface area contributed by atoms with Gasteiger partial charge in [-0.1, -0.05) is 10.2 Å². The topological polar surface area (TPSA) is 92.1 Å². The number of hydrogen-bond donors (Lipinski definition) is 4. The van der Waals surface area contributed by atoms with Gasteiger partial charge >= 0.3 is 0 Å². The molecule has 0 fully saturated rings. The van der Waals surface area contributed by atoms with Crippen LogP contribution in [0.3, 0.4) is 0 Å². The number of unbranched alkanes of at least 4 members (excludes halogenated alkanes) is 1. The summed E-state index contributed by atoms with van der Waals surface area (Å²) in [5.41, 5.74) is 0. The standard InChI is InChI=1S/C8H18N8.2BrH/c9-13-5-11-15(7-13)3-1-2-4-16-8-14(10)6-12-16;;/h5-6H,1-4,7-10H2;2*1H. The smallest absolute Gasteiger partial charge is 0.191 e. The molecule has 2 heterocycles. The van der Waals surface area contributed by atoms with Gasteiger partial charge in [-0.2, -0.15) is 10.0 Å². The molecule has 8 nitrogen and oxygen atoms in total. The van der Waals surface area contributed by atoms with Gasteiger partial charge in [0.25, 0.3) is 0 Å². The fourth-order valence-electron chi connectivity index (χ4n) is 1.84. The van der Waals surface area contributed by atoms with Gasteiger partial charge in [-0.05, 0) is 0 Å². The molecule has 2 aliphatic rings. The number of nitrogens with two attached hydrogens (primary N) is 2. The van der Waals surface area contributed by atoms with Crippen molar-refractivity contribution in [3.8, 4) is 0 Å². The number of halogens is 2. The Morgan fingerprint density at radius 1 is 0.889 bits per heavy atom. The Bertz CT molecular complexity index is 258. The molecule has 0 aliphatic carbocycles. The maximum atomic E-state index is 5.56. The summed E-state index contributed by atoms with van der Waals surface area (Å²) >= 11 is 0. The highest BCUT2D eigenvalue weighted by molar-refractivity contribution is 5.53. The predicted molar refractivity (Wildman–Crippen MR) is 59.7 cm³/mol. The second kappa shape index (κ2) is 8.77. The first kappa shape index (κ1) is 17.7. The van der Waals surface area contributed by atoms with Crippen LogP contribution in [0.2, 0.25) is 0 Å². The first-order chi connectivity index (χ1) is 7.74. The lowest BCUT2D eigenvalue weighted by atomic mass is 10.3. The van der Waals surface area contributed by atoms with Crippen LogP contribution in [0.15, 0.2) is 10.2 Å². The van der Waals surface area contributed by atoms with E-state index in [1.165, 1.54) is 10.0 Å². The summed E-state index contributed by atoms with van der Waals surface area (Å²) in [5, 5.41) is 14.0. The second-order valence-corrected chi connectivity index (χ2v) is 4.17. The molecule has 0 saturated carbocycles. The van der Waals surface area contributed by atoms with E-state index in [9.17, 15) is 0 Å². The third-order valence-corrected chi connectivity index (χ3v) is 2.69. The van der Waals surface area contributed by atoms with Crippen LogP contribution in [0, 0.1) is 0 Å². The van der Waals surface area contributed by atoms with Crippen molar-refractivity contribution in [2.45, 2.75) is 12.8 Å². The van der Waals surface area contributed by atoms with Crippen LogP contribution in [-0.4, -0.2) is 49.1 Å². The Morgan fingerprint density at radius 2 is 1.28 bits per heavy atom. The van der Waals surface area contributed by atoms with Gasteiger partial charge in [0, 0.05) is 12.8 Å². The Kier molecular flexibility index (Phi) is 8.65. The largest absolute Gasteiger partial charge is 1.00 e. The van der Waals surface area contributed by atoms with Gasteiger partial charge < -0.3 is 34.0 Å². The van der Waals surface area contributed by atoms with Crippen LogP contribution in [0.25, 0.3) is 0 Å². The minimum Gasteiger partial charge on any atom is -1.00 e. The van der Waals surface area contributed by atoms with Gasteiger partial charge in [0.1, 0.15) is 13.1 Å². The minimum absolute atomic E-state index is 0. The van der Waals surface area contributed by atoms with Crippen LogP contribution in [0.5, 0.6) is 0 Å². The number of hydrazine groups is 2. The molecule has 0 aromatic heterocycles. The molecule has 2 rings (SSSR count). The van der Waals surface area contributed by atoms with Crippen LogP contribution >= 0.6 is 0 Å². The summed E-state index contributed by atoms with van der Waals surface area (Å²) in [7, 11) is 0. The summed E-state index contributed by atoms with van der Waals surface area (Å²) in [5.74, 6) is 11.1. The van der Waals surface area contributed by atoms with Crippen molar-refractivity contribution in [3.05, 3.63) is 0 Å². The summed E-state index contributed by atoms with van der Waals surface area (Å²) < 4.78 is 0. The van der Waals surface area contributed by atoms with Gasteiger partial charge in [-0.15, -0.1) is 0 Å². The first-order valence-corrected chi connectivity index (χ1v) is 5.54. The van der Waals surface area contributed by atoms with Crippen LogP contribution in [0.4, 0.5) is 0 Å². The minimum atomic E-state index is 0. The molecule has 0 aromatic rings. The second-order valence-electron chi connectivity index (χ2n) is 4.17. The van der Waals surface area contributed by atoms with Crippen molar-refractivity contribution >= 4 is 12.7 Å². The van der Waals surface area contributed by atoms with Gasteiger partial charge in [-0.25, -0.2) is 21.7 Å². The number of hydrogen-bond acceptors (Lipinski definition) is 6. The Morgan fingerprint density at radius 3 is 1.56 bits per heavy atom. The quantitative estimate of drug-likeness (QED) is 0.278. The lowest BCUT2D eigenvalue weighted by molar-refractivity contribution is -0.914. The van der Waals surface area contributed by atoms with E-state index in [0.29, 0.717) is 0 Å². The average molecular weight is 388 g/mol.